The number of sulfone groups is 1. The summed E-state index contributed by atoms with van der Waals surface area (Å²) in [5, 5.41) is 14.5. The predicted octanol–water partition coefficient (Wildman–Crippen LogP) is 5.06. The summed E-state index contributed by atoms with van der Waals surface area (Å²) >= 11 is -0.625. The van der Waals surface area contributed by atoms with E-state index in [1.165, 1.54) is 36.4 Å². The number of rotatable bonds is 10. The average molecular weight is 648 g/mol. The molecule has 2 aromatic carbocycles. The van der Waals surface area contributed by atoms with Crippen LogP contribution < -0.4 is 10.6 Å². The van der Waals surface area contributed by atoms with Crippen molar-refractivity contribution in [2.45, 2.75) is 65.2 Å². The molecule has 37 heavy (non-hydrogen) atoms. The first-order valence-electron chi connectivity index (χ1n) is 11.5. The van der Waals surface area contributed by atoms with E-state index in [1.54, 1.807) is 12.1 Å². The molecule has 3 rings (SSSR count). The minimum atomic E-state index is -4.69. The Morgan fingerprint density at radius 1 is 1.11 bits per heavy atom. The van der Waals surface area contributed by atoms with Crippen LogP contribution in [0.3, 0.4) is 0 Å². The van der Waals surface area contributed by atoms with E-state index in [1.807, 2.05) is 19.9 Å². The summed E-state index contributed by atoms with van der Waals surface area (Å²) in [4.78, 5) is 13.2. The summed E-state index contributed by atoms with van der Waals surface area (Å²) in [6.07, 6.45) is -2.49. The van der Waals surface area contributed by atoms with E-state index in [0.717, 1.165) is 6.26 Å². The number of nitriles is 1. The number of halogens is 4. The van der Waals surface area contributed by atoms with E-state index in [-0.39, 0.29) is 16.9 Å². The molecule has 200 valence electrons. The molecule has 0 spiro atoms. The Morgan fingerprint density at radius 3 is 2.03 bits per heavy atom. The van der Waals surface area contributed by atoms with Crippen LogP contribution >= 0.6 is 20.7 Å². The number of hydrogen-bond donors (Lipinski definition) is 2. The Bertz CT molecular complexity index is 1300. The number of nitrogens with one attached hydrogen (secondary N) is 2. The third-order valence-corrected chi connectivity index (χ3v) is 9.88. The lowest BCUT2D eigenvalue weighted by molar-refractivity contribution is -0.161. The fourth-order valence-electron chi connectivity index (χ4n) is 3.82. The number of carbonyl (C=O) groups is 1. The minimum Gasteiger partial charge on any atom is -0.336 e. The van der Waals surface area contributed by atoms with Crippen LogP contribution in [0.5, 0.6) is 0 Å². The summed E-state index contributed by atoms with van der Waals surface area (Å²) in [6, 6.07) is 10.6. The van der Waals surface area contributed by atoms with Gasteiger partial charge in [0.15, 0.2) is 9.84 Å². The van der Waals surface area contributed by atoms with Crippen LogP contribution in [0.15, 0.2) is 53.4 Å². The quantitative estimate of drug-likeness (QED) is 0.278. The maximum Gasteiger partial charge on any atom is 0.407 e. The molecule has 1 aliphatic carbocycles. The summed E-state index contributed by atoms with van der Waals surface area (Å²) < 4.78 is 69.6. The standard InChI is InChI=1S/C26H29F3IN3O3S/c1-24(2,30-3)15-21(23(34)33-25(16-31)13-14-25)32-22(26(27,28)29)19-7-5-17(6-8-19)18-9-11-20(12-10-18)37(4,35)36/h5-12,21-22,32H,3,13-15H2,1-2,4H3,(H,33,34)/t21?,22-/m0/s1. The lowest BCUT2D eigenvalue weighted by Crippen LogP contribution is -2.53. The van der Waals surface area contributed by atoms with Gasteiger partial charge in [-0.15, -0.1) is 20.7 Å². The molecule has 1 fully saturated rings. The molecule has 0 heterocycles. The van der Waals surface area contributed by atoms with Gasteiger partial charge in [0, 0.05) is 9.68 Å². The van der Waals surface area contributed by atoms with Crippen molar-refractivity contribution in [3.05, 3.63) is 54.1 Å². The van der Waals surface area contributed by atoms with Gasteiger partial charge in [-0.1, -0.05) is 54.8 Å². The van der Waals surface area contributed by atoms with E-state index in [0.29, 0.717) is 24.0 Å². The highest BCUT2D eigenvalue weighted by Crippen LogP contribution is 2.38. The molecular formula is C26H29F3IN3O3S. The van der Waals surface area contributed by atoms with Crippen LogP contribution in [0.1, 0.15) is 44.7 Å². The summed E-state index contributed by atoms with van der Waals surface area (Å²) in [7, 11) is -3.37. The third kappa shape index (κ3) is 7.61. The summed E-state index contributed by atoms with van der Waals surface area (Å²) in [5.74, 6) is -0.624. The smallest absolute Gasteiger partial charge is 0.336 e. The number of hydrogen-bond acceptors (Lipinski definition) is 5. The van der Waals surface area contributed by atoms with Crippen molar-refractivity contribution in [1.82, 2.24) is 10.6 Å². The van der Waals surface area contributed by atoms with Crippen molar-refractivity contribution in [3.63, 3.8) is 0 Å². The summed E-state index contributed by atoms with van der Waals surface area (Å²) in [5.41, 5.74) is 0.208. The first-order chi connectivity index (χ1) is 17.1. The Balaban J connectivity index is 1.88. The molecule has 11 heteroatoms. The Kier molecular flexibility index (Phi) is 8.56. The first-order valence-corrected chi connectivity index (χ1v) is 15.9. The molecule has 1 unspecified atom stereocenters. The molecule has 1 aliphatic rings. The Labute approximate surface area is 225 Å². The van der Waals surface area contributed by atoms with Gasteiger partial charge in [-0.25, -0.2) is 8.42 Å². The minimum absolute atomic E-state index is 0.0645. The van der Waals surface area contributed by atoms with Crippen LogP contribution in [0.4, 0.5) is 13.2 Å². The Morgan fingerprint density at radius 2 is 1.62 bits per heavy atom. The molecule has 2 N–H and O–H groups in total. The van der Waals surface area contributed by atoms with Crippen molar-refractivity contribution >= 4 is 41.0 Å². The van der Waals surface area contributed by atoms with Crippen LogP contribution in [-0.2, 0) is 14.6 Å². The van der Waals surface area contributed by atoms with Gasteiger partial charge < -0.3 is 5.32 Å². The van der Waals surface area contributed by atoms with E-state index >= 15 is 0 Å². The van der Waals surface area contributed by atoms with Gasteiger partial charge in [-0.2, -0.15) is 18.4 Å². The number of alkyl halides is 4. The van der Waals surface area contributed by atoms with Crippen LogP contribution in [0, 0.1) is 11.3 Å². The van der Waals surface area contributed by atoms with Gasteiger partial charge in [-0.05, 0) is 48.1 Å². The fraction of sp³-hybridized carbons (Fsp3) is 0.423. The zero-order valence-electron chi connectivity index (χ0n) is 20.7. The largest absolute Gasteiger partial charge is 0.407 e. The number of amides is 1. The zero-order chi connectivity index (χ0) is 27.6. The maximum atomic E-state index is 14.2. The lowest BCUT2D eigenvalue weighted by atomic mass is 9.97. The van der Waals surface area contributed by atoms with Crippen molar-refractivity contribution in [1.29, 1.82) is 5.26 Å². The molecular weight excluding hydrogens is 618 g/mol. The van der Waals surface area contributed by atoms with Gasteiger partial charge in [0.2, 0.25) is 5.91 Å². The molecule has 0 saturated heterocycles. The zero-order valence-corrected chi connectivity index (χ0v) is 23.7. The average Bonchev–Trinajstić information content (AvgIpc) is 3.60. The first kappa shape index (κ1) is 29.3. The van der Waals surface area contributed by atoms with Crippen LogP contribution in [0.2, 0.25) is 0 Å². The normalized spacial score (nSPS) is 16.9. The number of nitrogens with zero attached hydrogens (tertiary/aromatic N) is 1. The molecule has 2 atom stereocenters. The van der Waals surface area contributed by atoms with E-state index in [4.69, 9.17) is 0 Å². The van der Waals surface area contributed by atoms with E-state index in [9.17, 15) is 31.6 Å². The fourth-order valence-corrected chi connectivity index (χ4v) is 5.21. The molecule has 2 aromatic rings. The second-order valence-electron chi connectivity index (χ2n) is 9.85. The second-order valence-corrected chi connectivity index (χ2v) is 15.6. The predicted molar refractivity (Wildman–Crippen MR) is 146 cm³/mol. The highest BCUT2D eigenvalue weighted by Gasteiger charge is 2.48. The SMILES string of the molecule is C=IC(C)(C)CC(N[C@@H](c1ccc(-c2ccc(S(C)(=O)=O)cc2)cc1)C(F)(F)F)C(=O)NC1(C#N)CC1. The number of benzene rings is 2. The number of carbonyl (C=O) groups excluding carboxylic acids is 1. The van der Waals surface area contributed by atoms with Crippen LogP contribution in [-0.4, -0.2) is 46.3 Å². The molecule has 6 nitrogen and oxygen atoms in total. The van der Waals surface area contributed by atoms with Crippen molar-refractivity contribution in [2.75, 3.05) is 6.26 Å². The summed E-state index contributed by atoms with van der Waals surface area (Å²) in [6.45, 7) is 3.75. The molecule has 0 radical (unpaired) electrons. The molecule has 0 aromatic heterocycles. The van der Waals surface area contributed by atoms with Gasteiger partial charge >= 0.3 is 6.18 Å². The molecule has 1 amide bonds. The van der Waals surface area contributed by atoms with Crippen LogP contribution in [0.25, 0.3) is 11.1 Å². The van der Waals surface area contributed by atoms with Gasteiger partial charge in [0.1, 0.15) is 11.6 Å². The van der Waals surface area contributed by atoms with E-state index in [2.05, 4.69) is 15.1 Å². The van der Waals surface area contributed by atoms with E-state index < -0.39 is 63.7 Å². The monoisotopic (exact) mass is 647 g/mol. The second kappa shape index (κ2) is 10.8. The highest BCUT2D eigenvalue weighted by molar-refractivity contribution is 14.2. The highest BCUT2D eigenvalue weighted by atomic mass is 127. The molecule has 0 bridgehead atoms. The Hall–Kier alpha value is -2.30. The molecule has 0 aliphatic heterocycles. The van der Waals surface area contributed by atoms with Crippen molar-refractivity contribution in [2.24, 2.45) is 0 Å². The van der Waals surface area contributed by atoms with Gasteiger partial charge in [0.25, 0.3) is 0 Å². The van der Waals surface area contributed by atoms with Gasteiger partial charge in [0.05, 0.1) is 17.0 Å². The van der Waals surface area contributed by atoms with Gasteiger partial charge in [-0.3, -0.25) is 10.1 Å². The third-order valence-electron chi connectivity index (χ3n) is 6.25. The lowest BCUT2D eigenvalue weighted by Gasteiger charge is -2.31. The van der Waals surface area contributed by atoms with Crippen molar-refractivity contribution in [3.8, 4) is 17.2 Å². The molecule has 1 saturated carbocycles. The maximum absolute atomic E-state index is 14.2. The van der Waals surface area contributed by atoms with Crippen molar-refractivity contribution < 1.29 is 26.4 Å². The topological polar surface area (TPSA) is 99.1 Å².